The molecule has 0 aromatic heterocycles. The number of ketones is 1. The van der Waals surface area contributed by atoms with Gasteiger partial charge in [-0.05, 0) is 37.2 Å². The van der Waals surface area contributed by atoms with Crippen LogP contribution in [0.4, 0.5) is 4.39 Å². The number of hydrogen-bond acceptors (Lipinski definition) is 3. The van der Waals surface area contributed by atoms with Crippen molar-refractivity contribution < 1.29 is 14.0 Å². The number of carbonyl (C=O) groups excluding carboxylic acids is 2. The second-order valence-corrected chi connectivity index (χ2v) is 5.61. The number of carbonyl (C=O) groups is 2. The van der Waals surface area contributed by atoms with Gasteiger partial charge >= 0.3 is 0 Å². The van der Waals surface area contributed by atoms with Gasteiger partial charge in [0, 0.05) is 44.6 Å². The number of nitrogens with zero attached hydrogens (tertiary/aromatic N) is 2. The number of halogens is 1. The number of hydrogen-bond donors (Lipinski definition) is 0. The first kappa shape index (κ1) is 16.6. The summed E-state index contributed by atoms with van der Waals surface area (Å²) >= 11 is 0. The van der Waals surface area contributed by atoms with Crippen LogP contribution in [-0.4, -0.2) is 54.2 Å². The lowest BCUT2D eigenvalue weighted by atomic mass is 10.1. The van der Waals surface area contributed by atoms with Crippen molar-refractivity contribution in [3.05, 3.63) is 35.6 Å². The van der Waals surface area contributed by atoms with E-state index in [0.29, 0.717) is 18.4 Å². The molecular weight excluding hydrogens is 283 g/mol. The zero-order valence-electron chi connectivity index (χ0n) is 13.1. The van der Waals surface area contributed by atoms with Crippen LogP contribution >= 0.6 is 0 Å². The van der Waals surface area contributed by atoms with Gasteiger partial charge < -0.3 is 4.90 Å². The Labute approximate surface area is 130 Å². The van der Waals surface area contributed by atoms with Gasteiger partial charge in [0.05, 0.1) is 0 Å². The molecule has 4 nitrogen and oxygen atoms in total. The molecule has 1 aliphatic rings. The van der Waals surface area contributed by atoms with Gasteiger partial charge in [0.1, 0.15) is 5.82 Å². The summed E-state index contributed by atoms with van der Waals surface area (Å²) in [6.45, 7) is 6.04. The van der Waals surface area contributed by atoms with Crippen molar-refractivity contribution in [1.29, 1.82) is 0 Å². The van der Waals surface area contributed by atoms with Gasteiger partial charge in [-0.25, -0.2) is 4.39 Å². The Hall–Kier alpha value is -1.75. The third kappa shape index (κ3) is 4.63. The zero-order valence-corrected chi connectivity index (χ0v) is 13.1. The van der Waals surface area contributed by atoms with E-state index in [1.807, 2.05) is 11.8 Å². The summed E-state index contributed by atoms with van der Waals surface area (Å²) in [4.78, 5) is 27.8. The van der Waals surface area contributed by atoms with E-state index in [2.05, 4.69) is 4.90 Å². The molecule has 0 unspecified atom stereocenters. The van der Waals surface area contributed by atoms with Crippen molar-refractivity contribution in [3.8, 4) is 0 Å². The van der Waals surface area contributed by atoms with E-state index in [9.17, 15) is 14.0 Å². The normalized spacial score (nSPS) is 15.8. The Morgan fingerprint density at radius 3 is 2.32 bits per heavy atom. The molecule has 22 heavy (non-hydrogen) atoms. The molecule has 0 bridgehead atoms. The Kier molecular flexibility index (Phi) is 6.07. The quantitative estimate of drug-likeness (QED) is 0.758. The summed E-state index contributed by atoms with van der Waals surface area (Å²) in [6.07, 6.45) is 1.82. The standard InChI is InChI=1S/C17H23FN2O2/c1-2-17(22)20-12-10-19(11-13-20)9-3-4-16(21)14-5-7-15(18)8-6-14/h5-8H,2-4,9-13H2,1H3. The lowest BCUT2D eigenvalue weighted by Crippen LogP contribution is -2.48. The van der Waals surface area contributed by atoms with Gasteiger partial charge in [0.25, 0.3) is 0 Å². The highest BCUT2D eigenvalue weighted by atomic mass is 19.1. The zero-order chi connectivity index (χ0) is 15.9. The summed E-state index contributed by atoms with van der Waals surface area (Å²) in [5.74, 6) is -0.0537. The lowest BCUT2D eigenvalue weighted by molar-refractivity contribution is -0.132. The summed E-state index contributed by atoms with van der Waals surface area (Å²) in [5, 5.41) is 0. The van der Waals surface area contributed by atoms with Crippen molar-refractivity contribution >= 4 is 11.7 Å². The van der Waals surface area contributed by atoms with E-state index >= 15 is 0 Å². The lowest BCUT2D eigenvalue weighted by Gasteiger charge is -2.34. The van der Waals surface area contributed by atoms with Gasteiger partial charge in [0.15, 0.2) is 5.78 Å². The first-order valence-electron chi connectivity index (χ1n) is 7.89. The van der Waals surface area contributed by atoms with Crippen LogP contribution in [0.1, 0.15) is 36.5 Å². The Balaban J connectivity index is 1.68. The second kappa shape index (κ2) is 8.03. The minimum Gasteiger partial charge on any atom is -0.340 e. The molecule has 0 spiro atoms. The molecule has 1 aromatic carbocycles. The van der Waals surface area contributed by atoms with Gasteiger partial charge in [-0.15, -0.1) is 0 Å². The van der Waals surface area contributed by atoms with E-state index in [4.69, 9.17) is 0 Å². The van der Waals surface area contributed by atoms with Crippen molar-refractivity contribution in [2.75, 3.05) is 32.7 Å². The topological polar surface area (TPSA) is 40.6 Å². The van der Waals surface area contributed by atoms with Crippen LogP contribution < -0.4 is 0 Å². The maximum Gasteiger partial charge on any atom is 0.222 e. The van der Waals surface area contributed by atoms with Gasteiger partial charge in [0.2, 0.25) is 5.91 Å². The van der Waals surface area contributed by atoms with Gasteiger partial charge in [-0.3, -0.25) is 14.5 Å². The SMILES string of the molecule is CCC(=O)N1CCN(CCCC(=O)c2ccc(F)cc2)CC1. The molecule has 0 saturated carbocycles. The van der Waals surface area contributed by atoms with Crippen LogP contribution in [0.2, 0.25) is 0 Å². The average molecular weight is 306 g/mol. The highest BCUT2D eigenvalue weighted by molar-refractivity contribution is 5.95. The molecule has 1 saturated heterocycles. The maximum absolute atomic E-state index is 12.8. The fraction of sp³-hybridized carbons (Fsp3) is 0.529. The molecule has 1 aromatic rings. The third-order valence-electron chi connectivity index (χ3n) is 4.07. The molecule has 0 radical (unpaired) electrons. The maximum atomic E-state index is 12.8. The first-order chi connectivity index (χ1) is 10.6. The molecule has 1 amide bonds. The minimum atomic E-state index is -0.323. The Bertz CT molecular complexity index is 508. The van der Waals surface area contributed by atoms with Crippen molar-refractivity contribution in [3.63, 3.8) is 0 Å². The molecule has 0 aliphatic carbocycles. The summed E-state index contributed by atoms with van der Waals surface area (Å²) in [6, 6.07) is 5.70. The number of Topliss-reactive ketones (excluding diaryl/α,β-unsaturated/α-hetero) is 1. The van der Waals surface area contributed by atoms with Crippen LogP contribution in [0.5, 0.6) is 0 Å². The van der Waals surface area contributed by atoms with E-state index in [-0.39, 0.29) is 17.5 Å². The predicted molar refractivity (Wildman–Crippen MR) is 83.3 cm³/mol. The van der Waals surface area contributed by atoms with Gasteiger partial charge in [-0.1, -0.05) is 6.92 Å². The number of amides is 1. The van der Waals surface area contributed by atoms with Crippen molar-refractivity contribution in [2.24, 2.45) is 0 Å². The molecule has 120 valence electrons. The van der Waals surface area contributed by atoms with E-state index in [1.165, 1.54) is 24.3 Å². The van der Waals surface area contributed by atoms with Crippen LogP contribution in [0.15, 0.2) is 24.3 Å². The Morgan fingerprint density at radius 2 is 1.73 bits per heavy atom. The molecule has 1 heterocycles. The van der Waals surface area contributed by atoms with Crippen LogP contribution in [0.25, 0.3) is 0 Å². The van der Waals surface area contributed by atoms with E-state index in [0.717, 1.165) is 39.1 Å². The first-order valence-corrected chi connectivity index (χ1v) is 7.89. The molecule has 0 N–H and O–H groups in total. The summed E-state index contributed by atoms with van der Waals surface area (Å²) in [5.41, 5.74) is 0.569. The minimum absolute atomic E-state index is 0.0554. The highest BCUT2D eigenvalue weighted by Crippen LogP contribution is 2.09. The molecule has 1 fully saturated rings. The average Bonchev–Trinajstić information content (AvgIpc) is 2.55. The molecule has 0 atom stereocenters. The fourth-order valence-corrected chi connectivity index (χ4v) is 2.69. The molecule has 1 aliphatic heterocycles. The van der Waals surface area contributed by atoms with Crippen LogP contribution in [0.3, 0.4) is 0 Å². The summed E-state index contributed by atoms with van der Waals surface area (Å²) in [7, 11) is 0. The molecular formula is C17H23FN2O2. The third-order valence-corrected chi connectivity index (χ3v) is 4.07. The second-order valence-electron chi connectivity index (χ2n) is 5.61. The number of rotatable bonds is 6. The summed E-state index contributed by atoms with van der Waals surface area (Å²) < 4.78 is 12.8. The number of benzene rings is 1. The van der Waals surface area contributed by atoms with Gasteiger partial charge in [-0.2, -0.15) is 0 Å². The van der Waals surface area contributed by atoms with Crippen LogP contribution in [0, 0.1) is 5.82 Å². The molecule has 5 heteroatoms. The largest absolute Gasteiger partial charge is 0.340 e. The highest BCUT2D eigenvalue weighted by Gasteiger charge is 2.19. The predicted octanol–water partition coefficient (Wildman–Crippen LogP) is 2.34. The number of piperazine rings is 1. The van der Waals surface area contributed by atoms with Crippen molar-refractivity contribution in [1.82, 2.24) is 9.80 Å². The van der Waals surface area contributed by atoms with Crippen LogP contribution in [-0.2, 0) is 4.79 Å². The molecule has 2 rings (SSSR count). The van der Waals surface area contributed by atoms with E-state index in [1.54, 1.807) is 0 Å². The Morgan fingerprint density at radius 1 is 1.09 bits per heavy atom. The smallest absolute Gasteiger partial charge is 0.222 e. The van der Waals surface area contributed by atoms with E-state index < -0.39 is 0 Å². The fourth-order valence-electron chi connectivity index (χ4n) is 2.69. The monoisotopic (exact) mass is 306 g/mol. The van der Waals surface area contributed by atoms with Crippen molar-refractivity contribution in [2.45, 2.75) is 26.2 Å².